The van der Waals surface area contributed by atoms with E-state index < -0.39 is 0 Å². The van der Waals surface area contributed by atoms with Crippen LogP contribution in [0.4, 0.5) is 0 Å². The fourth-order valence-electron chi connectivity index (χ4n) is 7.13. The van der Waals surface area contributed by atoms with E-state index in [2.05, 4.69) is 65.3 Å². The second-order valence-electron chi connectivity index (χ2n) is 12.0. The Labute approximate surface area is 226 Å². The third-order valence-corrected chi connectivity index (χ3v) is 9.54. The minimum Gasteiger partial charge on any atom is -0.493 e. The number of aryl methyl sites for hydroxylation is 1. The van der Waals surface area contributed by atoms with Gasteiger partial charge in [-0.15, -0.1) is 0 Å². The number of ether oxygens (including phenoxy) is 1. The number of nitrogens with zero attached hydrogens (tertiary/aromatic N) is 2. The molecule has 3 aliphatic rings. The summed E-state index contributed by atoms with van der Waals surface area (Å²) >= 11 is 0. The molecular weight excluding hydrogens is 452 g/mol. The lowest BCUT2D eigenvalue weighted by Crippen LogP contribution is -2.47. The Morgan fingerprint density at radius 2 is 1.38 bits per heavy atom. The molecule has 0 N–H and O–H groups in total. The van der Waals surface area contributed by atoms with Gasteiger partial charge < -0.3 is 14.5 Å². The predicted molar refractivity (Wildman–Crippen MR) is 156 cm³/mol. The van der Waals surface area contributed by atoms with Gasteiger partial charge in [-0.1, -0.05) is 69.0 Å². The van der Waals surface area contributed by atoms with Crippen LogP contribution < -0.4 is 4.74 Å². The number of likely N-dealkylation sites (tertiary alicyclic amines) is 2. The second-order valence-corrected chi connectivity index (χ2v) is 12.0. The first kappa shape index (κ1) is 26.8. The quantitative estimate of drug-likeness (QED) is 0.335. The molecule has 202 valence electrons. The predicted octanol–water partition coefficient (Wildman–Crippen LogP) is 7.48. The second kappa shape index (κ2) is 13.8. The van der Waals surface area contributed by atoms with Crippen LogP contribution in [0.15, 0.2) is 48.5 Å². The summed E-state index contributed by atoms with van der Waals surface area (Å²) in [5, 5.41) is 0. The fourth-order valence-corrected chi connectivity index (χ4v) is 7.13. The lowest BCUT2D eigenvalue weighted by molar-refractivity contribution is 0.0845. The van der Waals surface area contributed by atoms with E-state index in [0.29, 0.717) is 5.92 Å². The Balaban J connectivity index is 1.15. The van der Waals surface area contributed by atoms with Crippen molar-refractivity contribution in [1.82, 2.24) is 9.80 Å². The molecule has 2 aromatic rings. The number of hydrogen-bond acceptors (Lipinski definition) is 3. The normalized spacial score (nSPS) is 21.6. The Morgan fingerprint density at radius 3 is 2.05 bits per heavy atom. The van der Waals surface area contributed by atoms with E-state index in [1.165, 1.54) is 114 Å². The highest BCUT2D eigenvalue weighted by Gasteiger charge is 2.30. The van der Waals surface area contributed by atoms with Gasteiger partial charge in [-0.25, -0.2) is 0 Å². The van der Waals surface area contributed by atoms with Crippen LogP contribution in [0.1, 0.15) is 93.7 Å². The van der Waals surface area contributed by atoms with Crippen LogP contribution >= 0.6 is 0 Å². The summed E-state index contributed by atoms with van der Waals surface area (Å²) in [6, 6.07) is 19.0. The molecule has 37 heavy (non-hydrogen) atoms. The van der Waals surface area contributed by atoms with Gasteiger partial charge in [0.25, 0.3) is 0 Å². The Kier molecular flexibility index (Phi) is 9.98. The molecule has 0 bridgehead atoms. The monoisotopic (exact) mass is 502 g/mol. The van der Waals surface area contributed by atoms with Crippen molar-refractivity contribution in [3.63, 3.8) is 0 Å². The SMILES string of the molecule is CCc1ccc(CCOc2ccc(C(CN3CCC(N4CCCCC4)CC3)C3CCCCC3)cc2)cc1. The summed E-state index contributed by atoms with van der Waals surface area (Å²) in [5.41, 5.74) is 4.29. The van der Waals surface area contributed by atoms with Crippen LogP contribution in [0.25, 0.3) is 0 Å². The topological polar surface area (TPSA) is 15.7 Å². The van der Waals surface area contributed by atoms with Crippen molar-refractivity contribution in [1.29, 1.82) is 0 Å². The molecule has 0 aromatic heterocycles. The van der Waals surface area contributed by atoms with Crippen molar-refractivity contribution in [2.24, 2.45) is 5.92 Å². The van der Waals surface area contributed by atoms with Gasteiger partial charge in [-0.05, 0) is 112 Å². The smallest absolute Gasteiger partial charge is 0.119 e. The van der Waals surface area contributed by atoms with Crippen molar-refractivity contribution in [2.75, 3.05) is 39.3 Å². The molecule has 0 radical (unpaired) electrons. The van der Waals surface area contributed by atoms with Crippen molar-refractivity contribution in [3.8, 4) is 5.75 Å². The molecule has 1 aliphatic carbocycles. The molecule has 2 aromatic carbocycles. The van der Waals surface area contributed by atoms with Crippen molar-refractivity contribution >= 4 is 0 Å². The van der Waals surface area contributed by atoms with E-state index >= 15 is 0 Å². The summed E-state index contributed by atoms with van der Waals surface area (Å²) in [6.45, 7) is 9.44. The molecule has 3 nitrogen and oxygen atoms in total. The van der Waals surface area contributed by atoms with Crippen molar-refractivity contribution in [3.05, 3.63) is 65.2 Å². The zero-order valence-electron chi connectivity index (χ0n) is 23.4. The molecule has 1 atom stereocenters. The highest BCUT2D eigenvalue weighted by molar-refractivity contribution is 5.30. The molecule has 3 heteroatoms. The molecule has 5 rings (SSSR count). The van der Waals surface area contributed by atoms with Crippen molar-refractivity contribution < 1.29 is 4.74 Å². The van der Waals surface area contributed by atoms with Crippen LogP contribution in [-0.4, -0.2) is 55.2 Å². The molecule has 0 spiro atoms. The summed E-state index contributed by atoms with van der Waals surface area (Å²) in [7, 11) is 0. The fraction of sp³-hybridized carbons (Fsp3) is 0.647. The Morgan fingerprint density at radius 1 is 0.730 bits per heavy atom. The summed E-state index contributed by atoms with van der Waals surface area (Å²) < 4.78 is 6.15. The van der Waals surface area contributed by atoms with Gasteiger partial charge in [0.1, 0.15) is 5.75 Å². The maximum Gasteiger partial charge on any atom is 0.119 e. The van der Waals surface area contributed by atoms with Gasteiger partial charge in [0.05, 0.1) is 6.61 Å². The van der Waals surface area contributed by atoms with Gasteiger partial charge in [-0.2, -0.15) is 0 Å². The maximum atomic E-state index is 6.15. The van der Waals surface area contributed by atoms with Crippen LogP contribution in [0, 0.1) is 5.92 Å². The first-order valence-electron chi connectivity index (χ1n) is 15.6. The number of rotatable bonds is 10. The van der Waals surface area contributed by atoms with Gasteiger partial charge in [-0.3, -0.25) is 0 Å². The zero-order valence-corrected chi connectivity index (χ0v) is 23.4. The largest absolute Gasteiger partial charge is 0.493 e. The first-order valence-corrected chi connectivity index (χ1v) is 15.6. The summed E-state index contributed by atoms with van der Waals surface area (Å²) in [4.78, 5) is 5.60. The molecule has 2 heterocycles. The van der Waals surface area contributed by atoms with Gasteiger partial charge in [0.15, 0.2) is 0 Å². The van der Waals surface area contributed by atoms with Crippen LogP contribution in [0.5, 0.6) is 5.75 Å². The van der Waals surface area contributed by atoms with Gasteiger partial charge in [0, 0.05) is 19.0 Å². The molecule has 2 saturated heterocycles. The van der Waals surface area contributed by atoms with Crippen LogP contribution in [0.2, 0.25) is 0 Å². The standard InChI is InChI=1S/C34H50N2O/c1-2-28-11-13-29(14-12-28)21-26-37-33-17-15-31(16-18-33)34(30-9-5-3-6-10-30)27-35-24-19-32(20-25-35)36-22-7-4-8-23-36/h11-18,30,32,34H,2-10,19-27H2,1H3. The van der Waals surface area contributed by atoms with Crippen molar-refractivity contribution in [2.45, 2.75) is 95.9 Å². The zero-order chi connectivity index (χ0) is 25.3. The average molecular weight is 503 g/mol. The molecule has 0 amide bonds. The Hall–Kier alpha value is -1.84. The number of hydrogen-bond donors (Lipinski definition) is 0. The lowest BCUT2D eigenvalue weighted by Gasteiger charge is -2.42. The van der Waals surface area contributed by atoms with E-state index in [1.54, 1.807) is 0 Å². The highest BCUT2D eigenvalue weighted by Crippen LogP contribution is 2.38. The third-order valence-electron chi connectivity index (χ3n) is 9.54. The summed E-state index contributed by atoms with van der Waals surface area (Å²) in [6.07, 6.45) is 16.1. The average Bonchev–Trinajstić information content (AvgIpc) is 2.98. The number of benzene rings is 2. The van der Waals surface area contributed by atoms with E-state index in [0.717, 1.165) is 37.2 Å². The molecule has 1 unspecified atom stereocenters. The van der Waals surface area contributed by atoms with E-state index in [4.69, 9.17) is 4.74 Å². The lowest BCUT2D eigenvalue weighted by atomic mass is 9.76. The molecule has 1 saturated carbocycles. The van der Waals surface area contributed by atoms with Crippen LogP contribution in [-0.2, 0) is 12.8 Å². The molecule has 2 aliphatic heterocycles. The van der Waals surface area contributed by atoms with E-state index in [-0.39, 0.29) is 0 Å². The summed E-state index contributed by atoms with van der Waals surface area (Å²) in [5.74, 6) is 2.52. The third kappa shape index (κ3) is 7.60. The molecular formula is C34H50N2O. The highest BCUT2D eigenvalue weighted by atomic mass is 16.5. The first-order chi connectivity index (χ1) is 18.3. The van der Waals surface area contributed by atoms with Gasteiger partial charge >= 0.3 is 0 Å². The minimum atomic E-state index is 0.665. The minimum absolute atomic E-state index is 0.665. The van der Waals surface area contributed by atoms with Crippen LogP contribution in [0.3, 0.4) is 0 Å². The van der Waals surface area contributed by atoms with Gasteiger partial charge in [0.2, 0.25) is 0 Å². The number of piperidine rings is 2. The maximum absolute atomic E-state index is 6.15. The van der Waals surface area contributed by atoms with E-state index in [1.807, 2.05) is 0 Å². The van der Waals surface area contributed by atoms with E-state index in [9.17, 15) is 0 Å². The Bertz CT molecular complexity index is 904. The molecule has 3 fully saturated rings.